The summed E-state index contributed by atoms with van der Waals surface area (Å²) in [5.74, 6) is -0.371. The van der Waals surface area contributed by atoms with Gasteiger partial charge < -0.3 is 14.8 Å². The van der Waals surface area contributed by atoms with Crippen molar-refractivity contribution in [1.82, 2.24) is 10.2 Å². The minimum atomic E-state index is -0.808. The Bertz CT molecular complexity index is 785. The standard InChI is InChI=1S/C17H19N3O4S/c1-17(2)12(9-14(21)24-17)15(22)18-16-20-19-13(25-16)8-10-4-6-11(23-3)7-5-10/h4-7,12H,8-9H2,1-3H3,(H,18,20,22)/t12-/m0/s1. The van der Waals surface area contributed by atoms with Gasteiger partial charge in [-0.2, -0.15) is 0 Å². The van der Waals surface area contributed by atoms with Crippen LogP contribution in [0.3, 0.4) is 0 Å². The monoisotopic (exact) mass is 361 g/mol. The molecule has 0 radical (unpaired) electrons. The fourth-order valence-corrected chi connectivity index (χ4v) is 3.49. The summed E-state index contributed by atoms with van der Waals surface area (Å²) in [5.41, 5.74) is 0.267. The lowest BCUT2D eigenvalue weighted by atomic mass is 9.90. The Morgan fingerprint density at radius 3 is 2.68 bits per heavy atom. The molecule has 25 heavy (non-hydrogen) atoms. The van der Waals surface area contributed by atoms with Crippen LogP contribution in [0.15, 0.2) is 24.3 Å². The molecule has 1 atom stereocenters. The van der Waals surface area contributed by atoms with Gasteiger partial charge in [0.2, 0.25) is 11.0 Å². The third kappa shape index (κ3) is 3.96. The number of amides is 1. The lowest BCUT2D eigenvalue weighted by Gasteiger charge is -2.23. The van der Waals surface area contributed by atoms with E-state index in [2.05, 4.69) is 15.5 Å². The number of hydrogen-bond donors (Lipinski definition) is 1. The van der Waals surface area contributed by atoms with Gasteiger partial charge in [0.1, 0.15) is 16.4 Å². The van der Waals surface area contributed by atoms with Crippen LogP contribution in [0.25, 0.3) is 0 Å². The molecule has 7 nitrogen and oxygen atoms in total. The number of carbonyl (C=O) groups excluding carboxylic acids is 2. The molecule has 0 saturated carbocycles. The van der Waals surface area contributed by atoms with Gasteiger partial charge in [-0.05, 0) is 31.5 Å². The minimum absolute atomic E-state index is 0.0797. The zero-order valence-electron chi connectivity index (χ0n) is 14.2. The summed E-state index contributed by atoms with van der Waals surface area (Å²) >= 11 is 1.31. The number of anilines is 1. The van der Waals surface area contributed by atoms with Crippen LogP contribution in [0.2, 0.25) is 0 Å². The molecule has 3 rings (SSSR count). The van der Waals surface area contributed by atoms with Gasteiger partial charge in [-0.1, -0.05) is 23.5 Å². The van der Waals surface area contributed by atoms with Gasteiger partial charge in [-0.3, -0.25) is 9.59 Å². The lowest BCUT2D eigenvalue weighted by molar-refractivity contribution is -0.147. The predicted octanol–water partition coefficient (Wildman–Crippen LogP) is 2.42. The van der Waals surface area contributed by atoms with Crippen molar-refractivity contribution in [3.05, 3.63) is 34.8 Å². The number of hydrogen-bond acceptors (Lipinski definition) is 7. The first-order valence-corrected chi connectivity index (χ1v) is 8.67. The van der Waals surface area contributed by atoms with E-state index in [-0.39, 0.29) is 18.3 Å². The van der Waals surface area contributed by atoms with Crippen molar-refractivity contribution in [1.29, 1.82) is 0 Å². The fourth-order valence-electron chi connectivity index (χ4n) is 2.71. The zero-order chi connectivity index (χ0) is 18.0. The van der Waals surface area contributed by atoms with E-state index in [9.17, 15) is 9.59 Å². The number of nitrogens with zero attached hydrogens (tertiary/aromatic N) is 2. The van der Waals surface area contributed by atoms with Gasteiger partial charge in [0.15, 0.2) is 0 Å². The highest BCUT2D eigenvalue weighted by molar-refractivity contribution is 7.15. The number of esters is 1. The molecule has 1 aliphatic heterocycles. The summed E-state index contributed by atoms with van der Waals surface area (Å²) in [5, 5.41) is 12.1. The third-order valence-electron chi connectivity index (χ3n) is 4.11. The van der Waals surface area contributed by atoms with Gasteiger partial charge >= 0.3 is 5.97 Å². The molecule has 1 aromatic carbocycles. The number of methoxy groups -OCH3 is 1. The van der Waals surface area contributed by atoms with E-state index in [1.165, 1.54) is 11.3 Å². The van der Waals surface area contributed by atoms with E-state index in [0.29, 0.717) is 11.6 Å². The van der Waals surface area contributed by atoms with Gasteiger partial charge in [0.05, 0.1) is 19.4 Å². The van der Waals surface area contributed by atoms with Crippen LogP contribution < -0.4 is 10.1 Å². The number of cyclic esters (lactones) is 1. The number of carbonyl (C=O) groups is 2. The summed E-state index contributed by atoms with van der Waals surface area (Å²) in [7, 11) is 1.62. The number of rotatable bonds is 5. The highest BCUT2D eigenvalue weighted by Crippen LogP contribution is 2.33. The fraction of sp³-hybridized carbons (Fsp3) is 0.412. The van der Waals surface area contributed by atoms with Crippen LogP contribution in [0.5, 0.6) is 5.75 Å². The Labute approximate surface area is 149 Å². The molecule has 1 saturated heterocycles. The number of nitrogens with one attached hydrogen (secondary N) is 1. The average molecular weight is 361 g/mol. The molecular formula is C17H19N3O4S. The highest BCUT2D eigenvalue weighted by Gasteiger charge is 2.46. The number of aromatic nitrogens is 2. The van der Waals surface area contributed by atoms with Crippen molar-refractivity contribution in [2.75, 3.05) is 12.4 Å². The molecule has 1 fully saturated rings. The Morgan fingerprint density at radius 2 is 2.08 bits per heavy atom. The van der Waals surface area contributed by atoms with Crippen molar-refractivity contribution >= 4 is 28.3 Å². The van der Waals surface area contributed by atoms with E-state index in [4.69, 9.17) is 9.47 Å². The zero-order valence-corrected chi connectivity index (χ0v) is 15.1. The first-order chi connectivity index (χ1) is 11.9. The smallest absolute Gasteiger partial charge is 0.307 e. The van der Waals surface area contributed by atoms with E-state index in [1.807, 2.05) is 24.3 Å². The largest absolute Gasteiger partial charge is 0.497 e. The molecule has 1 N–H and O–H groups in total. The topological polar surface area (TPSA) is 90.4 Å². The normalized spacial score (nSPS) is 18.7. The van der Waals surface area contributed by atoms with Crippen LogP contribution >= 0.6 is 11.3 Å². The molecule has 2 aromatic rings. The van der Waals surface area contributed by atoms with E-state index >= 15 is 0 Å². The Kier molecular flexibility index (Phi) is 4.71. The van der Waals surface area contributed by atoms with E-state index < -0.39 is 11.5 Å². The summed E-state index contributed by atoms with van der Waals surface area (Å²) in [6, 6.07) is 7.70. The Morgan fingerprint density at radius 1 is 1.36 bits per heavy atom. The molecule has 0 aliphatic carbocycles. The SMILES string of the molecule is COc1ccc(Cc2nnc(NC(=O)[C@@H]3CC(=O)OC3(C)C)s2)cc1. The molecule has 0 bridgehead atoms. The van der Waals surface area contributed by atoms with E-state index in [1.54, 1.807) is 21.0 Å². The van der Waals surface area contributed by atoms with Crippen LogP contribution in [0, 0.1) is 5.92 Å². The lowest BCUT2D eigenvalue weighted by Crippen LogP contribution is -2.36. The second-order valence-electron chi connectivity index (χ2n) is 6.35. The van der Waals surface area contributed by atoms with Crippen molar-refractivity contribution in [3.8, 4) is 5.75 Å². The van der Waals surface area contributed by atoms with Crippen LogP contribution in [0.1, 0.15) is 30.8 Å². The van der Waals surface area contributed by atoms with Crippen LogP contribution in [-0.2, 0) is 20.7 Å². The maximum absolute atomic E-state index is 12.4. The molecule has 1 aliphatic rings. The van der Waals surface area contributed by atoms with Gasteiger partial charge in [-0.25, -0.2) is 0 Å². The van der Waals surface area contributed by atoms with Gasteiger partial charge in [-0.15, -0.1) is 10.2 Å². The van der Waals surface area contributed by atoms with Crippen LogP contribution in [-0.4, -0.2) is 34.8 Å². The van der Waals surface area contributed by atoms with Crippen LogP contribution in [0.4, 0.5) is 5.13 Å². The molecule has 2 heterocycles. The van der Waals surface area contributed by atoms with Crippen molar-refractivity contribution in [3.63, 3.8) is 0 Å². The van der Waals surface area contributed by atoms with E-state index in [0.717, 1.165) is 16.3 Å². The predicted molar refractivity (Wildman–Crippen MR) is 92.6 cm³/mol. The minimum Gasteiger partial charge on any atom is -0.497 e. The maximum Gasteiger partial charge on any atom is 0.307 e. The van der Waals surface area contributed by atoms with Gasteiger partial charge in [0.25, 0.3) is 0 Å². The number of benzene rings is 1. The Hall–Kier alpha value is -2.48. The molecule has 0 spiro atoms. The summed E-state index contributed by atoms with van der Waals surface area (Å²) in [6.45, 7) is 3.47. The summed E-state index contributed by atoms with van der Waals surface area (Å²) < 4.78 is 10.3. The highest BCUT2D eigenvalue weighted by atomic mass is 32.1. The second-order valence-corrected chi connectivity index (χ2v) is 7.41. The molecule has 8 heteroatoms. The first kappa shape index (κ1) is 17.3. The molecular weight excluding hydrogens is 342 g/mol. The summed E-state index contributed by atoms with van der Waals surface area (Å²) in [4.78, 5) is 23.8. The second kappa shape index (κ2) is 6.79. The summed E-state index contributed by atoms with van der Waals surface area (Å²) in [6.07, 6.45) is 0.699. The quantitative estimate of drug-likeness (QED) is 0.823. The van der Waals surface area contributed by atoms with Gasteiger partial charge in [0, 0.05) is 6.42 Å². The first-order valence-electron chi connectivity index (χ1n) is 7.85. The molecule has 1 aromatic heterocycles. The van der Waals surface area contributed by atoms with Crippen molar-refractivity contribution in [2.24, 2.45) is 5.92 Å². The molecule has 0 unspecified atom stereocenters. The molecule has 132 valence electrons. The third-order valence-corrected chi connectivity index (χ3v) is 4.95. The molecule has 1 amide bonds. The Balaban J connectivity index is 1.63. The maximum atomic E-state index is 12.4. The number of ether oxygens (including phenoxy) is 2. The average Bonchev–Trinajstić information content (AvgIpc) is 3.10. The van der Waals surface area contributed by atoms with Crippen molar-refractivity contribution in [2.45, 2.75) is 32.3 Å². The van der Waals surface area contributed by atoms with Crippen molar-refractivity contribution < 1.29 is 19.1 Å².